The maximum absolute atomic E-state index is 12.1. The Hall–Kier alpha value is -1.08. The monoisotopic (exact) mass is 272 g/mol. The molecule has 0 heterocycles. The molecule has 0 aliphatic heterocycles. The number of carboxylic acids is 1. The minimum absolute atomic E-state index is 0.213. The highest BCUT2D eigenvalue weighted by Gasteiger charge is 2.38. The van der Waals surface area contributed by atoms with Gasteiger partial charge >= 0.3 is 11.5 Å². The maximum Gasteiger partial charge on any atom is 0.475 e. The molecule has 1 aromatic rings. The molecule has 1 unspecified atom stereocenters. The van der Waals surface area contributed by atoms with Gasteiger partial charge in [0, 0.05) is 4.90 Å². The van der Waals surface area contributed by atoms with Crippen molar-refractivity contribution in [1.29, 1.82) is 0 Å². The van der Waals surface area contributed by atoms with Crippen molar-refractivity contribution in [3.63, 3.8) is 0 Å². The minimum atomic E-state index is -4.93. The molecular formula is C8H4ClF3O3S. The predicted molar refractivity (Wildman–Crippen MR) is 50.9 cm³/mol. The summed E-state index contributed by atoms with van der Waals surface area (Å²) in [6, 6.07) is 2.48. The van der Waals surface area contributed by atoms with Crippen LogP contribution in [0.5, 0.6) is 0 Å². The van der Waals surface area contributed by atoms with Gasteiger partial charge in [-0.2, -0.15) is 13.2 Å². The second-order valence-electron chi connectivity index (χ2n) is 2.66. The molecule has 0 saturated heterocycles. The fourth-order valence-electron chi connectivity index (χ4n) is 0.917. The van der Waals surface area contributed by atoms with E-state index in [1.165, 1.54) is 0 Å². The second-order valence-corrected chi connectivity index (χ2v) is 4.54. The number of carbonyl (C=O) groups is 1. The van der Waals surface area contributed by atoms with Crippen molar-refractivity contribution < 1.29 is 27.3 Å². The third kappa shape index (κ3) is 2.73. The van der Waals surface area contributed by atoms with Crippen LogP contribution in [-0.4, -0.2) is 20.8 Å². The highest BCUT2D eigenvalue weighted by Crippen LogP contribution is 2.28. The van der Waals surface area contributed by atoms with Crippen LogP contribution in [0, 0.1) is 0 Å². The van der Waals surface area contributed by atoms with Gasteiger partial charge in [0.05, 0.1) is 10.6 Å². The number of aromatic carboxylic acids is 1. The zero-order valence-corrected chi connectivity index (χ0v) is 8.99. The molecule has 1 atom stereocenters. The first-order chi connectivity index (χ1) is 7.23. The maximum atomic E-state index is 12.1. The Kier molecular flexibility index (Phi) is 3.59. The number of rotatable bonds is 2. The summed E-state index contributed by atoms with van der Waals surface area (Å²) in [4.78, 5) is 9.94. The van der Waals surface area contributed by atoms with Crippen LogP contribution in [0.1, 0.15) is 10.4 Å². The normalized spacial score (nSPS) is 13.5. The molecule has 88 valence electrons. The summed E-state index contributed by atoms with van der Waals surface area (Å²) in [5, 5.41) is 8.40. The van der Waals surface area contributed by atoms with Crippen molar-refractivity contribution >= 4 is 28.4 Å². The highest BCUT2D eigenvalue weighted by atomic mass is 35.5. The average molecular weight is 273 g/mol. The quantitative estimate of drug-likeness (QED) is 0.900. The summed E-state index contributed by atoms with van der Waals surface area (Å²) < 4.78 is 47.2. The van der Waals surface area contributed by atoms with E-state index in [1.807, 2.05) is 0 Å². The molecule has 0 bridgehead atoms. The molecular weight excluding hydrogens is 269 g/mol. The lowest BCUT2D eigenvalue weighted by atomic mass is 10.2. The van der Waals surface area contributed by atoms with Crippen molar-refractivity contribution in [2.75, 3.05) is 0 Å². The van der Waals surface area contributed by atoms with Crippen LogP contribution in [0.15, 0.2) is 23.1 Å². The SMILES string of the molecule is O=C(O)c1cc(S(=O)C(F)(F)F)ccc1Cl. The number of halogens is 4. The number of benzene rings is 1. The molecule has 0 radical (unpaired) electrons. The highest BCUT2D eigenvalue weighted by molar-refractivity contribution is 7.86. The smallest absolute Gasteiger partial charge is 0.475 e. The van der Waals surface area contributed by atoms with Crippen LogP contribution in [0.2, 0.25) is 5.02 Å². The van der Waals surface area contributed by atoms with E-state index in [4.69, 9.17) is 16.7 Å². The summed E-state index contributed by atoms with van der Waals surface area (Å²) in [7, 11) is -3.26. The van der Waals surface area contributed by atoms with Crippen molar-refractivity contribution in [1.82, 2.24) is 0 Å². The van der Waals surface area contributed by atoms with E-state index < -0.39 is 32.7 Å². The molecule has 8 heteroatoms. The zero-order chi connectivity index (χ0) is 12.5. The Balaban J connectivity index is 3.24. The minimum Gasteiger partial charge on any atom is -0.478 e. The van der Waals surface area contributed by atoms with Crippen molar-refractivity contribution in [3.05, 3.63) is 28.8 Å². The lowest BCUT2D eigenvalue weighted by Gasteiger charge is -2.07. The molecule has 0 saturated carbocycles. The van der Waals surface area contributed by atoms with Gasteiger partial charge < -0.3 is 5.11 Å². The van der Waals surface area contributed by atoms with Crippen LogP contribution in [-0.2, 0) is 10.8 Å². The summed E-state index contributed by atoms with van der Waals surface area (Å²) >= 11 is 5.45. The number of alkyl halides is 3. The molecule has 1 N–H and O–H groups in total. The van der Waals surface area contributed by atoms with Crippen molar-refractivity contribution in [3.8, 4) is 0 Å². The van der Waals surface area contributed by atoms with Gasteiger partial charge in [0.2, 0.25) is 0 Å². The molecule has 3 nitrogen and oxygen atoms in total. The van der Waals surface area contributed by atoms with Gasteiger partial charge in [-0.1, -0.05) is 11.6 Å². The zero-order valence-electron chi connectivity index (χ0n) is 7.42. The standard InChI is InChI=1S/C8H4ClF3O3S/c9-6-2-1-4(3-5(6)7(13)14)16(15)8(10,11)12/h1-3H,(H,13,14). The largest absolute Gasteiger partial charge is 0.478 e. The summed E-state index contributed by atoms with van der Waals surface area (Å²) in [5.74, 6) is -1.48. The van der Waals surface area contributed by atoms with Crippen LogP contribution < -0.4 is 0 Å². The molecule has 0 aromatic heterocycles. The Morgan fingerprint density at radius 2 is 1.94 bits per heavy atom. The van der Waals surface area contributed by atoms with Crippen LogP contribution in [0.25, 0.3) is 0 Å². The van der Waals surface area contributed by atoms with Crippen molar-refractivity contribution in [2.45, 2.75) is 10.4 Å². The van der Waals surface area contributed by atoms with E-state index in [2.05, 4.69) is 0 Å². The van der Waals surface area contributed by atoms with E-state index in [-0.39, 0.29) is 5.02 Å². The average Bonchev–Trinajstić information content (AvgIpc) is 2.15. The van der Waals surface area contributed by atoms with Gasteiger partial charge in [-0.15, -0.1) is 0 Å². The Morgan fingerprint density at radius 1 is 1.38 bits per heavy atom. The molecule has 1 rings (SSSR count). The molecule has 16 heavy (non-hydrogen) atoms. The Labute approximate surface area is 95.3 Å². The third-order valence-corrected chi connectivity index (χ3v) is 3.02. The van der Waals surface area contributed by atoms with Gasteiger partial charge in [0.15, 0.2) is 10.8 Å². The van der Waals surface area contributed by atoms with E-state index in [0.717, 1.165) is 12.1 Å². The first kappa shape index (κ1) is 13.0. The number of hydrogen-bond donors (Lipinski definition) is 1. The molecule has 0 aliphatic rings. The van der Waals surface area contributed by atoms with Crippen LogP contribution in [0.3, 0.4) is 0 Å². The summed E-state index contributed by atoms with van der Waals surface area (Å²) in [6.07, 6.45) is 0. The summed E-state index contributed by atoms with van der Waals surface area (Å²) in [5.41, 5.74) is -5.44. The van der Waals surface area contributed by atoms with E-state index in [1.54, 1.807) is 0 Å². The van der Waals surface area contributed by atoms with Crippen LogP contribution >= 0.6 is 11.6 Å². The van der Waals surface area contributed by atoms with Gasteiger partial charge in [-0.25, -0.2) is 9.00 Å². The van der Waals surface area contributed by atoms with Gasteiger partial charge in [0.1, 0.15) is 0 Å². The Morgan fingerprint density at radius 3 is 2.38 bits per heavy atom. The van der Waals surface area contributed by atoms with Crippen molar-refractivity contribution in [2.24, 2.45) is 0 Å². The fourth-order valence-corrected chi connectivity index (χ4v) is 1.80. The van der Waals surface area contributed by atoms with E-state index in [0.29, 0.717) is 6.07 Å². The molecule has 1 aromatic carbocycles. The van der Waals surface area contributed by atoms with Gasteiger partial charge in [-0.3, -0.25) is 0 Å². The van der Waals surface area contributed by atoms with Gasteiger partial charge in [-0.05, 0) is 18.2 Å². The third-order valence-electron chi connectivity index (χ3n) is 1.59. The lowest BCUT2D eigenvalue weighted by Crippen LogP contribution is -2.16. The lowest BCUT2D eigenvalue weighted by molar-refractivity contribution is -0.0384. The molecule has 0 amide bonds. The predicted octanol–water partition coefficient (Wildman–Crippen LogP) is 2.67. The Bertz CT molecular complexity index is 458. The number of carboxylic acid groups (broad SMARTS) is 1. The first-order valence-corrected chi connectivity index (χ1v) is 5.27. The second kappa shape index (κ2) is 4.42. The summed E-state index contributed by atoms with van der Waals surface area (Å²) in [6.45, 7) is 0. The number of hydrogen-bond acceptors (Lipinski definition) is 2. The van der Waals surface area contributed by atoms with E-state index >= 15 is 0 Å². The van der Waals surface area contributed by atoms with E-state index in [9.17, 15) is 22.2 Å². The topological polar surface area (TPSA) is 54.4 Å². The molecule has 0 spiro atoms. The van der Waals surface area contributed by atoms with Crippen LogP contribution in [0.4, 0.5) is 13.2 Å². The fraction of sp³-hybridized carbons (Fsp3) is 0.125. The van der Waals surface area contributed by atoms with Gasteiger partial charge in [0.25, 0.3) is 0 Å². The molecule has 0 fully saturated rings. The molecule has 0 aliphatic carbocycles. The first-order valence-electron chi connectivity index (χ1n) is 3.75.